The number of aromatic nitrogens is 2. The van der Waals surface area contributed by atoms with Crippen LogP contribution >= 0.6 is 11.8 Å². The highest BCUT2D eigenvalue weighted by atomic mass is 32.2. The predicted octanol–water partition coefficient (Wildman–Crippen LogP) is 2.44. The lowest BCUT2D eigenvalue weighted by atomic mass is 10.1. The minimum absolute atomic E-state index is 0.326. The van der Waals surface area contributed by atoms with Gasteiger partial charge in [0.2, 0.25) is 0 Å². The average Bonchev–Trinajstić information content (AvgIpc) is 3.17. The fourth-order valence-electron chi connectivity index (χ4n) is 3.04. The largest absolute Gasteiger partial charge is 0.330 e. The summed E-state index contributed by atoms with van der Waals surface area (Å²) in [5.74, 6) is 1.20. The van der Waals surface area contributed by atoms with E-state index in [9.17, 15) is 0 Å². The summed E-state index contributed by atoms with van der Waals surface area (Å²) in [6.45, 7) is 7.66. The standard InChI is InChI=1S/C15H26N4S/c1-15(2)5-6-18(7-8-20-15)13(9-16)14-10-17-11-19(14)12-3-4-12/h10-13H,3-9,16H2,1-2H3. The van der Waals surface area contributed by atoms with Gasteiger partial charge in [-0.3, -0.25) is 4.90 Å². The van der Waals surface area contributed by atoms with Crippen LogP contribution in [0.15, 0.2) is 12.5 Å². The summed E-state index contributed by atoms with van der Waals surface area (Å²) in [6.07, 6.45) is 7.84. The second-order valence-electron chi connectivity index (χ2n) is 6.60. The van der Waals surface area contributed by atoms with Crippen molar-refractivity contribution in [2.75, 3.05) is 25.4 Å². The molecule has 0 aromatic carbocycles. The Morgan fingerprint density at radius 3 is 2.95 bits per heavy atom. The van der Waals surface area contributed by atoms with Crippen molar-refractivity contribution < 1.29 is 0 Å². The number of hydrogen-bond donors (Lipinski definition) is 1. The minimum atomic E-state index is 0.326. The molecule has 2 N–H and O–H groups in total. The molecule has 2 fully saturated rings. The third-order valence-electron chi connectivity index (χ3n) is 4.51. The quantitative estimate of drug-likeness (QED) is 0.926. The molecule has 0 radical (unpaired) electrons. The average molecular weight is 294 g/mol. The van der Waals surface area contributed by atoms with E-state index in [1.165, 1.54) is 30.7 Å². The molecule has 2 heterocycles. The van der Waals surface area contributed by atoms with Gasteiger partial charge in [0.05, 0.1) is 18.1 Å². The van der Waals surface area contributed by atoms with Gasteiger partial charge >= 0.3 is 0 Å². The van der Waals surface area contributed by atoms with Crippen LogP contribution < -0.4 is 5.73 Å². The number of imidazole rings is 1. The molecule has 1 atom stereocenters. The highest BCUT2D eigenvalue weighted by molar-refractivity contribution is 8.00. The van der Waals surface area contributed by atoms with Gasteiger partial charge in [0, 0.05) is 42.4 Å². The van der Waals surface area contributed by atoms with Crippen molar-refractivity contribution in [3.05, 3.63) is 18.2 Å². The van der Waals surface area contributed by atoms with Crippen molar-refractivity contribution in [2.24, 2.45) is 5.73 Å². The number of rotatable bonds is 4. The molecule has 1 aliphatic carbocycles. The Morgan fingerprint density at radius 2 is 2.25 bits per heavy atom. The van der Waals surface area contributed by atoms with Crippen LogP contribution in [-0.4, -0.2) is 44.6 Å². The molecular formula is C15H26N4S. The Balaban J connectivity index is 1.77. The van der Waals surface area contributed by atoms with Crippen LogP contribution in [0, 0.1) is 0 Å². The van der Waals surface area contributed by atoms with Gasteiger partial charge in [0.15, 0.2) is 0 Å². The molecule has 1 aliphatic heterocycles. The molecule has 1 aromatic rings. The van der Waals surface area contributed by atoms with E-state index in [0.29, 0.717) is 23.4 Å². The van der Waals surface area contributed by atoms with Crippen molar-refractivity contribution in [3.8, 4) is 0 Å². The van der Waals surface area contributed by atoms with Crippen LogP contribution in [-0.2, 0) is 0 Å². The minimum Gasteiger partial charge on any atom is -0.330 e. The zero-order valence-corrected chi connectivity index (χ0v) is 13.4. The summed E-state index contributed by atoms with van der Waals surface area (Å²) in [7, 11) is 0. The molecule has 1 saturated heterocycles. The van der Waals surface area contributed by atoms with Crippen LogP contribution in [0.3, 0.4) is 0 Å². The summed E-state index contributed by atoms with van der Waals surface area (Å²) in [4.78, 5) is 6.94. The molecule has 4 nitrogen and oxygen atoms in total. The van der Waals surface area contributed by atoms with E-state index < -0.39 is 0 Å². The number of thioether (sulfide) groups is 1. The summed E-state index contributed by atoms with van der Waals surface area (Å²) >= 11 is 2.09. The summed E-state index contributed by atoms with van der Waals surface area (Å²) in [6, 6.07) is 1.01. The number of hydrogen-bond acceptors (Lipinski definition) is 4. The van der Waals surface area contributed by atoms with Crippen molar-refractivity contribution in [3.63, 3.8) is 0 Å². The molecule has 1 saturated carbocycles. The van der Waals surface area contributed by atoms with Crippen molar-refractivity contribution in [1.29, 1.82) is 0 Å². The molecule has 0 bridgehead atoms. The molecule has 0 spiro atoms. The normalized spacial score (nSPS) is 25.4. The second-order valence-corrected chi connectivity index (χ2v) is 8.40. The fraction of sp³-hybridized carbons (Fsp3) is 0.800. The first-order valence-electron chi connectivity index (χ1n) is 7.70. The van der Waals surface area contributed by atoms with E-state index in [2.05, 4.69) is 40.1 Å². The van der Waals surface area contributed by atoms with Gasteiger partial charge in [-0.2, -0.15) is 11.8 Å². The van der Waals surface area contributed by atoms with Gasteiger partial charge in [0.25, 0.3) is 0 Å². The Kier molecular flexibility index (Phi) is 4.11. The fourth-order valence-corrected chi connectivity index (χ4v) is 4.15. The Labute approximate surface area is 126 Å². The maximum atomic E-state index is 6.11. The molecule has 1 unspecified atom stereocenters. The molecule has 112 valence electrons. The summed E-state index contributed by atoms with van der Waals surface area (Å²) in [5.41, 5.74) is 7.43. The lowest BCUT2D eigenvalue weighted by Gasteiger charge is -2.30. The van der Waals surface area contributed by atoms with Crippen molar-refractivity contribution in [2.45, 2.75) is 49.9 Å². The first kappa shape index (κ1) is 14.4. The monoisotopic (exact) mass is 294 g/mol. The van der Waals surface area contributed by atoms with E-state index in [1.54, 1.807) is 0 Å². The van der Waals surface area contributed by atoms with Gasteiger partial charge in [-0.05, 0) is 19.3 Å². The summed E-state index contributed by atoms with van der Waals surface area (Å²) in [5, 5.41) is 0. The van der Waals surface area contributed by atoms with Crippen molar-refractivity contribution >= 4 is 11.8 Å². The van der Waals surface area contributed by atoms with E-state index in [4.69, 9.17) is 5.73 Å². The third kappa shape index (κ3) is 3.05. The molecule has 1 aromatic heterocycles. The van der Waals surface area contributed by atoms with Crippen LogP contribution in [0.5, 0.6) is 0 Å². The Hall–Kier alpha value is -0.520. The topological polar surface area (TPSA) is 47.1 Å². The molecule has 3 rings (SSSR count). The van der Waals surface area contributed by atoms with Gasteiger partial charge in [-0.25, -0.2) is 4.98 Å². The summed E-state index contributed by atoms with van der Waals surface area (Å²) < 4.78 is 2.76. The van der Waals surface area contributed by atoms with Gasteiger partial charge in [-0.1, -0.05) is 13.8 Å². The van der Waals surface area contributed by atoms with Crippen LogP contribution in [0.4, 0.5) is 0 Å². The van der Waals surface area contributed by atoms with Crippen LogP contribution in [0.1, 0.15) is 50.9 Å². The van der Waals surface area contributed by atoms with Crippen LogP contribution in [0.2, 0.25) is 0 Å². The maximum Gasteiger partial charge on any atom is 0.0951 e. The van der Waals surface area contributed by atoms with E-state index in [-0.39, 0.29) is 0 Å². The lowest BCUT2D eigenvalue weighted by molar-refractivity contribution is 0.203. The highest BCUT2D eigenvalue weighted by Gasteiger charge is 2.32. The number of nitrogens with two attached hydrogens (primary N) is 1. The molecule has 5 heteroatoms. The van der Waals surface area contributed by atoms with Gasteiger partial charge in [-0.15, -0.1) is 0 Å². The maximum absolute atomic E-state index is 6.11. The molecular weight excluding hydrogens is 268 g/mol. The zero-order chi connectivity index (χ0) is 14.2. The molecule has 0 amide bonds. The first-order valence-corrected chi connectivity index (χ1v) is 8.69. The van der Waals surface area contributed by atoms with Crippen LogP contribution in [0.25, 0.3) is 0 Å². The molecule has 20 heavy (non-hydrogen) atoms. The van der Waals surface area contributed by atoms with Gasteiger partial charge in [0.1, 0.15) is 0 Å². The van der Waals surface area contributed by atoms with Crippen molar-refractivity contribution in [1.82, 2.24) is 14.5 Å². The third-order valence-corrected chi connectivity index (χ3v) is 5.89. The molecule has 2 aliphatic rings. The van der Waals surface area contributed by atoms with E-state index >= 15 is 0 Å². The Bertz CT molecular complexity index is 452. The highest BCUT2D eigenvalue weighted by Crippen LogP contribution is 2.38. The van der Waals surface area contributed by atoms with E-state index in [1.807, 2.05) is 12.5 Å². The number of nitrogens with zero attached hydrogens (tertiary/aromatic N) is 3. The Morgan fingerprint density at radius 1 is 1.45 bits per heavy atom. The first-order chi connectivity index (χ1) is 9.61. The predicted molar refractivity (Wildman–Crippen MR) is 85.0 cm³/mol. The van der Waals surface area contributed by atoms with Gasteiger partial charge < -0.3 is 10.3 Å². The smallest absolute Gasteiger partial charge is 0.0951 e. The lowest BCUT2D eigenvalue weighted by Crippen LogP contribution is -2.37. The van der Waals surface area contributed by atoms with E-state index in [0.717, 1.165) is 13.1 Å². The zero-order valence-electron chi connectivity index (χ0n) is 12.6. The SMILES string of the molecule is CC1(C)CCN(C(CN)c2cncn2C2CC2)CCS1. The second kappa shape index (κ2) is 5.70.